The van der Waals surface area contributed by atoms with E-state index >= 15 is 0 Å². The van der Waals surface area contributed by atoms with Crippen LogP contribution in [0.15, 0.2) is 0 Å². The maximum absolute atomic E-state index is 9.14. The maximum Gasteiger partial charge on any atom is 0.0701 e. The second-order valence-corrected chi connectivity index (χ2v) is 4.77. The fraction of sp³-hybridized carbons (Fsp3) is 1.00. The first-order chi connectivity index (χ1) is 8.66. The zero-order valence-electron chi connectivity index (χ0n) is 12.2. The summed E-state index contributed by atoms with van der Waals surface area (Å²) in [5, 5.41) is 9.14. The standard InChI is InChI=1S/C14H30O4/c1-4-16-8-9-17-10-11-18-12-13(2)6-5-7-14(3)15/h13-15H,4-12H2,1-3H3. The average Bonchev–Trinajstić information content (AvgIpc) is 2.32. The van der Waals surface area contributed by atoms with Gasteiger partial charge >= 0.3 is 0 Å². The molecule has 0 radical (unpaired) electrons. The normalized spacial score (nSPS) is 14.7. The van der Waals surface area contributed by atoms with Crippen molar-refractivity contribution in [2.45, 2.75) is 46.1 Å². The van der Waals surface area contributed by atoms with E-state index in [1.54, 1.807) is 0 Å². The molecule has 0 fully saturated rings. The van der Waals surface area contributed by atoms with Crippen molar-refractivity contribution < 1.29 is 19.3 Å². The van der Waals surface area contributed by atoms with Crippen LogP contribution in [0.3, 0.4) is 0 Å². The molecule has 2 atom stereocenters. The van der Waals surface area contributed by atoms with Gasteiger partial charge < -0.3 is 19.3 Å². The van der Waals surface area contributed by atoms with Gasteiger partial charge in [-0.2, -0.15) is 0 Å². The fourth-order valence-electron chi connectivity index (χ4n) is 1.61. The lowest BCUT2D eigenvalue weighted by atomic mass is 10.0. The van der Waals surface area contributed by atoms with Crippen LogP contribution in [0.25, 0.3) is 0 Å². The molecule has 18 heavy (non-hydrogen) atoms. The van der Waals surface area contributed by atoms with Crippen molar-refractivity contribution in [3.63, 3.8) is 0 Å². The van der Waals surface area contributed by atoms with Crippen LogP contribution < -0.4 is 0 Å². The molecule has 0 saturated carbocycles. The number of rotatable bonds is 13. The van der Waals surface area contributed by atoms with Gasteiger partial charge in [-0.25, -0.2) is 0 Å². The monoisotopic (exact) mass is 262 g/mol. The lowest BCUT2D eigenvalue weighted by Gasteiger charge is -2.12. The number of aliphatic hydroxyl groups excluding tert-OH is 1. The molecule has 0 aliphatic heterocycles. The van der Waals surface area contributed by atoms with E-state index in [9.17, 15) is 0 Å². The third-order valence-electron chi connectivity index (χ3n) is 2.67. The molecule has 0 heterocycles. The Morgan fingerprint density at radius 3 is 2.11 bits per heavy atom. The number of aliphatic hydroxyl groups is 1. The second kappa shape index (κ2) is 13.3. The summed E-state index contributed by atoms with van der Waals surface area (Å²) < 4.78 is 16.0. The minimum absolute atomic E-state index is 0.183. The fourth-order valence-corrected chi connectivity index (χ4v) is 1.61. The lowest BCUT2D eigenvalue weighted by molar-refractivity contribution is 0.00958. The highest BCUT2D eigenvalue weighted by atomic mass is 16.5. The molecule has 0 spiro atoms. The van der Waals surface area contributed by atoms with Crippen LogP contribution in [0.5, 0.6) is 0 Å². The molecule has 1 N–H and O–H groups in total. The van der Waals surface area contributed by atoms with Crippen LogP contribution in [-0.4, -0.2) is 50.9 Å². The Labute approximate surface area is 112 Å². The summed E-state index contributed by atoms with van der Waals surface area (Å²) in [6.45, 7) is 10.1. The third kappa shape index (κ3) is 13.9. The summed E-state index contributed by atoms with van der Waals surface area (Å²) in [5.41, 5.74) is 0. The number of hydrogen-bond donors (Lipinski definition) is 1. The van der Waals surface area contributed by atoms with Gasteiger partial charge in [0, 0.05) is 13.2 Å². The number of hydrogen-bond acceptors (Lipinski definition) is 4. The van der Waals surface area contributed by atoms with Gasteiger partial charge in [-0.05, 0) is 32.6 Å². The van der Waals surface area contributed by atoms with Crippen molar-refractivity contribution in [1.29, 1.82) is 0 Å². The van der Waals surface area contributed by atoms with Gasteiger partial charge in [-0.3, -0.25) is 0 Å². The molecule has 0 saturated heterocycles. The SMILES string of the molecule is CCOCCOCCOCC(C)CCCC(C)O. The Bertz CT molecular complexity index is 162. The van der Waals surface area contributed by atoms with Crippen molar-refractivity contribution in [2.24, 2.45) is 5.92 Å². The zero-order valence-corrected chi connectivity index (χ0v) is 12.2. The quantitative estimate of drug-likeness (QED) is 0.517. The number of ether oxygens (including phenoxy) is 3. The van der Waals surface area contributed by atoms with E-state index in [-0.39, 0.29) is 6.10 Å². The molecule has 0 aromatic rings. The molecule has 0 bridgehead atoms. The molecule has 4 nitrogen and oxygen atoms in total. The van der Waals surface area contributed by atoms with E-state index in [4.69, 9.17) is 19.3 Å². The van der Waals surface area contributed by atoms with Gasteiger partial charge in [0.15, 0.2) is 0 Å². The average molecular weight is 262 g/mol. The van der Waals surface area contributed by atoms with E-state index < -0.39 is 0 Å². The summed E-state index contributed by atoms with van der Waals surface area (Å²) in [6.07, 6.45) is 2.87. The zero-order chi connectivity index (χ0) is 13.6. The largest absolute Gasteiger partial charge is 0.393 e. The lowest BCUT2D eigenvalue weighted by Crippen LogP contribution is -2.13. The highest BCUT2D eigenvalue weighted by Gasteiger charge is 2.03. The summed E-state index contributed by atoms with van der Waals surface area (Å²) >= 11 is 0. The Morgan fingerprint density at radius 1 is 0.889 bits per heavy atom. The minimum Gasteiger partial charge on any atom is -0.393 e. The van der Waals surface area contributed by atoms with Crippen LogP contribution in [0.1, 0.15) is 40.0 Å². The van der Waals surface area contributed by atoms with E-state index in [0.717, 1.165) is 32.5 Å². The first kappa shape index (κ1) is 17.8. The van der Waals surface area contributed by atoms with Crippen LogP contribution >= 0.6 is 0 Å². The van der Waals surface area contributed by atoms with Crippen LogP contribution in [0, 0.1) is 5.92 Å². The van der Waals surface area contributed by atoms with Crippen molar-refractivity contribution in [3.05, 3.63) is 0 Å². The van der Waals surface area contributed by atoms with Gasteiger partial charge in [0.05, 0.1) is 32.5 Å². The van der Waals surface area contributed by atoms with Crippen LogP contribution in [-0.2, 0) is 14.2 Å². The third-order valence-corrected chi connectivity index (χ3v) is 2.67. The van der Waals surface area contributed by atoms with E-state index in [1.807, 2.05) is 13.8 Å². The molecule has 0 aliphatic rings. The van der Waals surface area contributed by atoms with Crippen LogP contribution in [0.2, 0.25) is 0 Å². The Morgan fingerprint density at radius 2 is 1.50 bits per heavy atom. The Kier molecular flexibility index (Phi) is 13.2. The van der Waals surface area contributed by atoms with E-state index in [0.29, 0.717) is 32.3 Å². The van der Waals surface area contributed by atoms with Gasteiger partial charge in [0.2, 0.25) is 0 Å². The van der Waals surface area contributed by atoms with Crippen molar-refractivity contribution >= 4 is 0 Å². The van der Waals surface area contributed by atoms with E-state index in [1.165, 1.54) is 0 Å². The molecule has 0 aromatic heterocycles. The maximum atomic E-state index is 9.14. The highest BCUT2D eigenvalue weighted by molar-refractivity contribution is 4.54. The predicted octanol–water partition coefficient (Wildman–Crippen LogP) is 2.24. The first-order valence-electron chi connectivity index (χ1n) is 7.08. The molecular weight excluding hydrogens is 232 g/mol. The van der Waals surface area contributed by atoms with Gasteiger partial charge in [0.1, 0.15) is 0 Å². The molecule has 0 rings (SSSR count). The minimum atomic E-state index is -0.183. The summed E-state index contributed by atoms with van der Waals surface area (Å²) in [5.74, 6) is 0.548. The van der Waals surface area contributed by atoms with Gasteiger partial charge in [-0.1, -0.05) is 13.3 Å². The predicted molar refractivity (Wildman–Crippen MR) is 72.8 cm³/mol. The summed E-state index contributed by atoms with van der Waals surface area (Å²) in [4.78, 5) is 0. The second-order valence-electron chi connectivity index (χ2n) is 4.77. The molecule has 4 heteroatoms. The summed E-state index contributed by atoms with van der Waals surface area (Å²) in [6, 6.07) is 0. The topological polar surface area (TPSA) is 47.9 Å². The van der Waals surface area contributed by atoms with Crippen LogP contribution in [0.4, 0.5) is 0 Å². The Balaban J connectivity index is 3.12. The first-order valence-corrected chi connectivity index (χ1v) is 7.08. The molecular formula is C14H30O4. The molecule has 0 amide bonds. The van der Waals surface area contributed by atoms with Gasteiger partial charge in [-0.15, -0.1) is 0 Å². The van der Waals surface area contributed by atoms with Gasteiger partial charge in [0.25, 0.3) is 0 Å². The van der Waals surface area contributed by atoms with E-state index in [2.05, 4.69) is 6.92 Å². The molecule has 110 valence electrons. The molecule has 2 unspecified atom stereocenters. The van der Waals surface area contributed by atoms with Crippen molar-refractivity contribution in [2.75, 3.05) is 39.6 Å². The van der Waals surface area contributed by atoms with Crippen molar-refractivity contribution in [3.8, 4) is 0 Å². The smallest absolute Gasteiger partial charge is 0.0701 e. The molecule has 0 aliphatic carbocycles. The summed E-state index contributed by atoms with van der Waals surface area (Å²) in [7, 11) is 0. The highest BCUT2D eigenvalue weighted by Crippen LogP contribution is 2.09. The van der Waals surface area contributed by atoms with Crippen molar-refractivity contribution in [1.82, 2.24) is 0 Å². The molecule has 0 aromatic carbocycles. The Hall–Kier alpha value is -0.160.